The Labute approximate surface area is 390 Å². The van der Waals surface area contributed by atoms with Crippen molar-refractivity contribution in [2.24, 2.45) is 0 Å². The molecule has 3 unspecified atom stereocenters. The van der Waals surface area contributed by atoms with Gasteiger partial charge in [0.15, 0.2) is 0 Å². The average molecular weight is 882 g/mol. The van der Waals surface area contributed by atoms with Gasteiger partial charge in [-0.15, -0.1) is 0 Å². The topological polar surface area (TPSA) is 95.9 Å². The first-order valence-corrected chi connectivity index (χ1v) is 27.0. The highest BCUT2D eigenvalue weighted by Crippen LogP contribution is 2.17. The van der Waals surface area contributed by atoms with E-state index in [0.717, 1.165) is 83.5 Å². The zero-order chi connectivity index (χ0) is 45.9. The molecule has 0 fully saturated rings. The first kappa shape index (κ1) is 60.6. The maximum Gasteiger partial charge on any atom is 0.306 e. The van der Waals surface area contributed by atoms with Gasteiger partial charge in [-0.25, -0.2) is 0 Å². The first-order chi connectivity index (χ1) is 31.0. The fourth-order valence-corrected chi connectivity index (χ4v) is 8.01. The van der Waals surface area contributed by atoms with Gasteiger partial charge in [0.05, 0.1) is 25.2 Å². The molecule has 6 nitrogen and oxygen atoms in total. The summed E-state index contributed by atoms with van der Waals surface area (Å²) in [6.45, 7) is 6.36. The highest BCUT2D eigenvalue weighted by Gasteiger charge is 2.24. The Morgan fingerprint density at radius 3 is 1.35 bits per heavy atom. The largest absolute Gasteiger partial charge is 0.462 e. The van der Waals surface area contributed by atoms with E-state index in [1.54, 1.807) is 0 Å². The Morgan fingerprint density at radius 1 is 0.476 bits per heavy atom. The Balaban J connectivity index is 4.64. The molecular weight excluding hydrogens is 779 g/mol. The van der Waals surface area contributed by atoms with Crippen molar-refractivity contribution < 1.29 is 24.5 Å². The van der Waals surface area contributed by atoms with E-state index in [-0.39, 0.29) is 24.9 Å². The molecule has 6 heteroatoms. The molecule has 0 aromatic rings. The number of hydrogen-bond acceptors (Lipinski definition) is 5. The Morgan fingerprint density at radius 2 is 0.873 bits per heavy atom. The van der Waals surface area contributed by atoms with Crippen molar-refractivity contribution in [3.05, 3.63) is 60.8 Å². The van der Waals surface area contributed by atoms with Gasteiger partial charge in [-0.1, -0.05) is 229 Å². The predicted octanol–water partition coefficient (Wildman–Crippen LogP) is 16.4. The fourth-order valence-electron chi connectivity index (χ4n) is 8.01. The fraction of sp³-hybridized carbons (Fsp3) is 0.789. The molecule has 0 aliphatic carbocycles. The number of nitrogens with one attached hydrogen (secondary N) is 1. The van der Waals surface area contributed by atoms with Crippen LogP contribution in [-0.2, 0) is 14.3 Å². The number of aliphatic hydroxyl groups excluding tert-OH is 2. The number of esters is 1. The van der Waals surface area contributed by atoms with Gasteiger partial charge in [0.2, 0.25) is 5.91 Å². The molecule has 0 aromatic heterocycles. The summed E-state index contributed by atoms with van der Waals surface area (Å²) in [5.74, 6) is -0.534. The van der Waals surface area contributed by atoms with E-state index in [0.29, 0.717) is 19.3 Å². The summed E-state index contributed by atoms with van der Waals surface area (Å²) in [6.07, 6.45) is 62.9. The summed E-state index contributed by atoms with van der Waals surface area (Å²) < 4.78 is 5.91. The number of unbranched alkanes of at least 4 members (excludes halogenated alkanes) is 26. The van der Waals surface area contributed by atoms with E-state index in [1.807, 2.05) is 0 Å². The number of carbonyl (C=O) groups is 2. The van der Waals surface area contributed by atoms with E-state index >= 15 is 0 Å². The molecule has 0 heterocycles. The molecular formula is C57H103NO5. The number of amides is 1. The molecule has 0 aromatic carbocycles. The van der Waals surface area contributed by atoms with Crippen LogP contribution in [0, 0.1) is 0 Å². The monoisotopic (exact) mass is 882 g/mol. The summed E-state index contributed by atoms with van der Waals surface area (Å²) >= 11 is 0. The minimum absolute atomic E-state index is 0.0362. The number of rotatable bonds is 48. The van der Waals surface area contributed by atoms with Gasteiger partial charge in [-0.05, 0) is 83.5 Å². The van der Waals surface area contributed by atoms with E-state index in [2.05, 4.69) is 86.8 Å². The van der Waals surface area contributed by atoms with Gasteiger partial charge < -0.3 is 20.3 Å². The van der Waals surface area contributed by atoms with Crippen LogP contribution < -0.4 is 5.32 Å². The summed E-state index contributed by atoms with van der Waals surface area (Å²) in [7, 11) is 0. The zero-order valence-electron chi connectivity index (χ0n) is 41.7. The minimum atomic E-state index is -0.804. The summed E-state index contributed by atoms with van der Waals surface area (Å²) in [5.41, 5.74) is 0. The molecule has 0 aliphatic rings. The van der Waals surface area contributed by atoms with Crippen LogP contribution in [0.1, 0.15) is 265 Å². The minimum Gasteiger partial charge on any atom is -0.462 e. The molecule has 0 rings (SSSR count). The molecule has 3 N–H and O–H groups in total. The third kappa shape index (κ3) is 45.9. The lowest BCUT2D eigenvalue weighted by molar-refractivity contribution is -0.151. The molecule has 0 aliphatic heterocycles. The number of hydrogen-bond donors (Lipinski definition) is 3. The second-order valence-electron chi connectivity index (χ2n) is 18.2. The molecule has 366 valence electrons. The van der Waals surface area contributed by atoms with Crippen molar-refractivity contribution in [3.63, 3.8) is 0 Å². The third-order valence-corrected chi connectivity index (χ3v) is 12.1. The van der Waals surface area contributed by atoms with Gasteiger partial charge in [0, 0.05) is 6.42 Å². The quantitative estimate of drug-likeness (QED) is 0.0321. The molecule has 1 amide bonds. The molecule has 63 heavy (non-hydrogen) atoms. The van der Waals surface area contributed by atoms with Crippen molar-refractivity contribution in [1.29, 1.82) is 0 Å². The molecule has 0 saturated heterocycles. The van der Waals surface area contributed by atoms with Crippen LogP contribution in [0.2, 0.25) is 0 Å². The normalized spacial score (nSPS) is 13.7. The Hall–Kier alpha value is -2.44. The molecule has 0 radical (unpaired) electrons. The van der Waals surface area contributed by atoms with Gasteiger partial charge in [-0.3, -0.25) is 9.59 Å². The average Bonchev–Trinajstić information content (AvgIpc) is 3.28. The number of carbonyl (C=O) groups excluding carboxylic acids is 2. The van der Waals surface area contributed by atoms with Crippen molar-refractivity contribution in [1.82, 2.24) is 5.32 Å². The molecule has 0 saturated carbocycles. The third-order valence-electron chi connectivity index (χ3n) is 12.1. The highest BCUT2D eigenvalue weighted by atomic mass is 16.5. The van der Waals surface area contributed by atoms with Gasteiger partial charge in [0.1, 0.15) is 6.10 Å². The Bertz CT molecular complexity index is 1130. The standard InChI is InChI=1S/C57H103NO5/c1-4-7-10-13-16-19-22-25-28-29-32-35-38-41-44-47-50-57(62)63-53(48-45-42-39-36-33-30-26-23-20-17-14-11-8-5-2)51-56(61)58-54(52-59)55(60)49-46-43-40-37-34-31-27-24-21-18-15-12-9-6-3/h8,11,17,20,26,28-30,36,39,53-55,59-60H,4-7,9-10,12-16,18-19,21-25,27,31-35,37-38,40-52H2,1-3H3,(H,58,61)/b11-8+,20-17+,29-28+,30-26+,39-36+. The molecule has 3 atom stereocenters. The van der Waals surface area contributed by atoms with Crippen LogP contribution in [0.15, 0.2) is 60.8 Å². The van der Waals surface area contributed by atoms with Crippen molar-refractivity contribution >= 4 is 11.9 Å². The SMILES string of the molecule is CC/C=C/C/C=C/C/C=C/C/C=C/CCCC(CC(=O)NC(CO)C(O)CCCCCCCCCCCCCCCC)OC(=O)CCCCCCC/C=C/CCCCCCCCC. The number of allylic oxidation sites excluding steroid dienone is 10. The van der Waals surface area contributed by atoms with Crippen LogP contribution in [0.4, 0.5) is 0 Å². The van der Waals surface area contributed by atoms with Crippen molar-refractivity contribution in [2.45, 2.75) is 283 Å². The van der Waals surface area contributed by atoms with E-state index in [4.69, 9.17) is 4.74 Å². The smallest absolute Gasteiger partial charge is 0.306 e. The van der Waals surface area contributed by atoms with Crippen LogP contribution in [0.3, 0.4) is 0 Å². The van der Waals surface area contributed by atoms with E-state index in [9.17, 15) is 19.8 Å². The lowest BCUT2D eigenvalue weighted by atomic mass is 10.0. The lowest BCUT2D eigenvalue weighted by Crippen LogP contribution is -2.46. The molecule has 0 bridgehead atoms. The van der Waals surface area contributed by atoms with Crippen LogP contribution in [-0.4, -0.2) is 46.9 Å². The number of ether oxygens (including phenoxy) is 1. The van der Waals surface area contributed by atoms with Crippen molar-refractivity contribution in [3.8, 4) is 0 Å². The lowest BCUT2D eigenvalue weighted by Gasteiger charge is -2.24. The van der Waals surface area contributed by atoms with Gasteiger partial charge >= 0.3 is 5.97 Å². The maximum atomic E-state index is 13.2. The zero-order valence-corrected chi connectivity index (χ0v) is 41.7. The van der Waals surface area contributed by atoms with Crippen molar-refractivity contribution in [2.75, 3.05) is 6.61 Å². The van der Waals surface area contributed by atoms with Crippen LogP contribution >= 0.6 is 0 Å². The Kier molecular flexibility index (Phi) is 48.6. The van der Waals surface area contributed by atoms with E-state index < -0.39 is 18.2 Å². The highest BCUT2D eigenvalue weighted by molar-refractivity contribution is 5.77. The second-order valence-corrected chi connectivity index (χ2v) is 18.2. The van der Waals surface area contributed by atoms with Crippen LogP contribution in [0.5, 0.6) is 0 Å². The van der Waals surface area contributed by atoms with Gasteiger partial charge in [-0.2, -0.15) is 0 Å². The summed E-state index contributed by atoms with van der Waals surface area (Å²) in [6, 6.07) is -0.721. The van der Waals surface area contributed by atoms with E-state index in [1.165, 1.54) is 135 Å². The molecule has 0 spiro atoms. The summed E-state index contributed by atoms with van der Waals surface area (Å²) in [5, 5.41) is 23.8. The maximum absolute atomic E-state index is 13.2. The first-order valence-electron chi connectivity index (χ1n) is 27.0. The van der Waals surface area contributed by atoms with Gasteiger partial charge in [0.25, 0.3) is 0 Å². The van der Waals surface area contributed by atoms with Crippen LogP contribution in [0.25, 0.3) is 0 Å². The number of aliphatic hydroxyl groups is 2. The second kappa shape index (κ2) is 50.6. The predicted molar refractivity (Wildman–Crippen MR) is 273 cm³/mol. The summed E-state index contributed by atoms with van der Waals surface area (Å²) in [4.78, 5) is 26.2.